The molecule has 0 spiro atoms. The maximum atomic E-state index is 11.5. The highest BCUT2D eigenvalue weighted by Crippen LogP contribution is 2.37. The van der Waals surface area contributed by atoms with Crippen molar-refractivity contribution in [1.82, 2.24) is 0 Å². The van der Waals surface area contributed by atoms with Crippen LogP contribution in [0.5, 0.6) is 0 Å². The highest BCUT2D eigenvalue weighted by atomic mass is 16.7. The first kappa shape index (κ1) is 13.6. The van der Waals surface area contributed by atoms with Crippen LogP contribution in [0.25, 0.3) is 0 Å². The quantitative estimate of drug-likeness (QED) is 0.796. The van der Waals surface area contributed by atoms with Crippen LogP contribution in [-0.2, 0) is 25.6 Å². The van der Waals surface area contributed by atoms with E-state index < -0.39 is 6.29 Å². The second-order valence-corrected chi connectivity index (χ2v) is 5.72. The van der Waals surface area contributed by atoms with Crippen molar-refractivity contribution in [2.24, 2.45) is 11.8 Å². The lowest BCUT2D eigenvalue weighted by Gasteiger charge is -2.46. The minimum absolute atomic E-state index is 0.0482. The summed E-state index contributed by atoms with van der Waals surface area (Å²) in [7, 11) is 0. The molecule has 2 fully saturated rings. The van der Waals surface area contributed by atoms with Crippen LogP contribution in [0.4, 0.5) is 0 Å². The lowest BCUT2D eigenvalue weighted by atomic mass is 9.83. The number of rotatable bonds is 3. The van der Waals surface area contributed by atoms with Gasteiger partial charge >= 0.3 is 5.97 Å². The standard InChI is InChI=1S/C16H20O4/c1-10-13-8-14(17)20-16(19-13)11(2)15(10)18-9-12-6-4-3-5-7-12/h3-7,10-11,13,15-16H,8-9H2,1-2H3/t10-,11+,13+,15-,16-/m0/s1. The minimum atomic E-state index is -0.460. The molecule has 5 atom stereocenters. The molecule has 1 aromatic rings. The van der Waals surface area contributed by atoms with Gasteiger partial charge in [-0.3, -0.25) is 4.79 Å². The van der Waals surface area contributed by atoms with Gasteiger partial charge in [-0.2, -0.15) is 0 Å². The maximum absolute atomic E-state index is 11.5. The number of benzene rings is 1. The maximum Gasteiger partial charge on any atom is 0.310 e. The monoisotopic (exact) mass is 276 g/mol. The zero-order chi connectivity index (χ0) is 14.1. The Labute approximate surface area is 119 Å². The fourth-order valence-electron chi connectivity index (χ4n) is 3.05. The van der Waals surface area contributed by atoms with Crippen LogP contribution >= 0.6 is 0 Å². The van der Waals surface area contributed by atoms with Gasteiger partial charge in [-0.15, -0.1) is 0 Å². The van der Waals surface area contributed by atoms with Crippen molar-refractivity contribution >= 4 is 5.97 Å². The topological polar surface area (TPSA) is 44.8 Å². The lowest BCUT2D eigenvalue weighted by molar-refractivity contribution is -0.285. The number of carbonyl (C=O) groups is 1. The Morgan fingerprint density at radius 1 is 1.20 bits per heavy atom. The molecule has 2 aliphatic rings. The molecule has 0 unspecified atom stereocenters. The second kappa shape index (κ2) is 5.54. The molecule has 0 aliphatic carbocycles. The molecule has 108 valence electrons. The lowest BCUT2D eigenvalue weighted by Crippen LogP contribution is -2.55. The van der Waals surface area contributed by atoms with Crippen LogP contribution < -0.4 is 0 Å². The van der Waals surface area contributed by atoms with E-state index in [1.807, 2.05) is 25.1 Å². The largest absolute Gasteiger partial charge is 0.435 e. The molecule has 0 saturated carbocycles. The van der Waals surface area contributed by atoms with Crippen LogP contribution in [0.1, 0.15) is 25.8 Å². The van der Waals surface area contributed by atoms with E-state index >= 15 is 0 Å². The number of fused-ring (bicyclic) bond motifs is 2. The zero-order valence-corrected chi connectivity index (χ0v) is 11.8. The van der Waals surface area contributed by atoms with Gasteiger partial charge in [0.05, 0.1) is 25.2 Å². The Hall–Kier alpha value is -1.39. The summed E-state index contributed by atoms with van der Waals surface area (Å²) >= 11 is 0. The molecule has 4 nitrogen and oxygen atoms in total. The highest BCUT2D eigenvalue weighted by molar-refractivity contribution is 5.70. The van der Waals surface area contributed by atoms with Crippen molar-refractivity contribution in [1.29, 1.82) is 0 Å². The summed E-state index contributed by atoms with van der Waals surface area (Å²) in [5, 5.41) is 0. The van der Waals surface area contributed by atoms with E-state index in [4.69, 9.17) is 14.2 Å². The average Bonchev–Trinajstić information content (AvgIpc) is 2.46. The third-order valence-electron chi connectivity index (χ3n) is 4.26. The predicted octanol–water partition coefficient (Wildman–Crippen LogP) is 2.52. The molecule has 0 N–H and O–H groups in total. The summed E-state index contributed by atoms with van der Waals surface area (Å²) in [6.45, 7) is 4.69. The van der Waals surface area contributed by atoms with E-state index in [9.17, 15) is 4.79 Å². The Balaban J connectivity index is 1.68. The van der Waals surface area contributed by atoms with Crippen molar-refractivity contribution in [3.8, 4) is 0 Å². The van der Waals surface area contributed by atoms with Gasteiger partial charge in [0.25, 0.3) is 0 Å². The van der Waals surface area contributed by atoms with Gasteiger partial charge < -0.3 is 14.2 Å². The number of esters is 1. The fraction of sp³-hybridized carbons (Fsp3) is 0.562. The minimum Gasteiger partial charge on any atom is -0.435 e. The molecule has 2 saturated heterocycles. The van der Waals surface area contributed by atoms with Crippen LogP contribution in [0.2, 0.25) is 0 Å². The van der Waals surface area contributed by atoms with E-state index in [0.717, 1.165) is 5.56 Å². The Bertz CT molecular complexity index is 453. The molecule has 4 heteroatoms. The molecular formula is C16H20O4. The molecular weight excluding hydrogens is 256 g/mol. The van der Waals surface area contributed by atoms with Gasteiger partial charge in [-0.1, -0.05) is 44.2 Å². The van der Waals surface area contributed by atoms with Crippen molar-refractivity contribution < 1.29 is 19.0 Å². The third-order valence-corrected chi connectivity index (χ3v) is 4.26. The number of hydrogen-bond acceptors (Lipinski definition) is 4. The van der Waals surface area contributed by atoms with Crippen molar-refractivity contribution in [3.63, 3.8) is 0 Å². The summed E-state index contributed by atoms with van der Waals surface area (Å²) < 4.78 is 17.1. The summed E-state index contributed by atoms with van der Waals surface area (Å²) in [4.78, 5) is 11.5. The zero-order valence-electron chi connectivity index (χ0n) is 11.8. The van der Waals surface area contributed by atoms with Crippen LogP contribution in [0.15, 0.2) is 30.3 Å². The number of ether oxygens (including phenoxy) is 3. The Kier molecular flexibility index (Phi) is 3.76. The second-order valence-electron chi connectivity index (χ2n) is 5.72. The molecule has 2 heterocycles. The number of carbonyl (C=O) groups excluding carboxylic acids is 1. The van der Waals surface area contributed by atoms with E-state index in [-0.39, 0.29) is 30.0 Å². The molecule has 0 amide bonds. The SMILES string of the molecule is C[C@@H]1[C@H](OCc2ccccc2)[C@@H](C)[C@@H]2OC(=O)C[C@H]1O2. The Morgan fingerprint density at radius 3 is 2.70 bits per heavy atom. The molecule has 3 rings (SSSR count). The first-order valence-electron chi connectivity index (χ1n) is 7.15. The normalized spacial score (nSPS) is 36.5. The molecule has 2 bridgehead atoms. The summed E-state index contributed by atoms with van der Waals surface area (Å²) in [6, 6.07) is 10.1. The number of hydrogen-bond donors (Lipinski definition) is 0. The van der Waals surface area contributed by atoms with Crippen molar-refractivity contribution in [2.75, 3.05) is 0 Å². The Morgan fingerprint density at radius 2 is 1.95 bits per heavy atom. The molecule has 1 aromatic carbocycles. The first-order chi connectivity index (χ1) is 9.65. The molecule has 0 aromatic heterocycles. The van der Waals surface area contributed by atoms with E-state index in [1.54, 1.807) is 0 Å². The smallest absolute Gasteiger partial charge is 0.310 e. The van der Waals surface area contributed by atoms with Crippen LogP contribution in [-0.4, -0.2) is 24.5 Å². The average molecular weight is 276 g/mol. The highest BCUT2D eigenvalue weighted by Gasteiger charge is 2.47. The van der Waals surface area contributed by atoms with Crippen LogP contribution in [0, 0.1) is 11.8 Å². The van der Waals surface area contributed by atoms with E-state index in [0.29, 0.717) is 13.0 Å². The van der Waals surface area contributed by atoms with Crippen LogP contribution in [0.3, 0.4) is 0 Å². The van der Waals surface area contributed by atoms with E-state index in [2.05, 4.69) is 19.1 Å². The predicted molar refractivity (Wildman–Crippen MR) is 72.7 cm³/mol. The van der Waals surface area contributed by atoms with Gasteiger partial charge in [0.1, 0.15) is 0 Å². The van der Waals surface area contributed by atoms with Gasteiger partial charge in [-0.05, 0) is 5.56 Å². The molecule has 20 heavy (non-hydrogen) atoms. The van der Waals surface area contributed by atoms with Gasteiger partial charge in [0.15, 0.2) is 0 Å². The summed E-state index contributed by atoms with van der Waals surface area (Å²) in [6.07, 6.45) is -0.168. The molecule has 0 radical (unpaired) electrons. The van der Waals surface area contributed by atoms with Crippen molar-refractivity contribution in [2.45, 2.75) is 45.4 Å². The summed E-state index contributed by atoms with van der Waals surface area (Å²) in [5.74, 6) is 0.0819. The molecule has 2 aliphatic heterocycles. The van der Waals surface area contributed by atoms with Gasteiger partial charge in [-0.25, -0.2) is 0 Å². The first-order valence-corrected chi connectivity index (χ1v) is 7.15. The van der Waals surface area contributed by atoms with E-state index in [1.165, 1.54) is 0 Å². The summed E-state index contributed by atoms with van der Waals surface area (Å²) in [5.41, 5.74) is 1.15. The van der Waals surface area contributed by atoms with Gasteiger partial charge in [0.2, 0.25) is 6.29 Å². The van der Waals surface area contributed by atoms with Gasteiger partial charge in [0, 0.05) is 11.8 Å². The van der Waals surface area contributed by atoms with Crippen molar-refractivity contribution in [3.05, 3.63) is 35.9 Å². The fourth-order valence-corrected chi connectivity index (χ4v) is 3.05. The third kappa shape index (κ3) is 2.58.